The van der Waals surface area contributed by atoms with Gasteiger partial charge in [0, 0.05) is 29.8 Å². The molecule has 0 aromatic heterocycles. The van der Waals surface area contributed by atoms with E-state index in [9.17, 15) is 8.78 Å². The number of hydrogen-bond acceptors (Lipinski definition) is 2. The van der Waals surface area contributed by atoms with Crippen molar-refractivity contribution in [3.63, 3.8) is 0 Å². The van der Waals surface area contributed by atoms with Crippen LogP contribution < -0.4 is 10.1 Å². The Kier molecular flexibility index (Phi) is 5.28. The van der Waals surface area contributed by atoms with Gasteiger partial charge in [-0.15, -0.1) is 0 Å². The van der Waals surface area contributed by atoms with Gasteiger partial charge < -0.3 is 10.1 Å². The molecule has 0 radical (unpaired) electrons. The van der Waals surface area contributed by atoms with E-state index in [0.29, 0.717) is 18.7 Å². The highest BCUT2D eigenvalue weighted by atomic mass is 19.1. The van der Waals surface area contributed by atoms with Crippen molar-refractivity contribution >= 4 is 0 Å². The summed E-state index contributed by atoms with van der Waals surface area (Å²) in [6, 6.07) is 11.4. The topological polar surface area (TPSA) is 21.3 Å². The Hall–Kier alpha value is -1.94. The second kappa shape index (κ2) is 7.18. The van der Waals surface area contributed by atoms with Crippen molar-refractivity contribution in [2.45, 2.75) is 26.4 Å². The predicted molar refractivity (Wildman–Crippen MR) is 79.2 cm³/mol. The molecule has 1 unspecified atom stereocenters. The van der Waals surface area contributed by atoms with Crippen molar-refractivity contribution in [3.8, 4) is 5.75 Å². The fourth-order valence-corrected chi connectivity index (χ4v) is 2.16. The van der Waals surface area contributed by atoms with Crippen molar-refractivity contribution < 1.29 is 13.5 Å². The molecule has 0 fully saturated rings. The van der Waals surface area contributed by atoms with Gasteiger partial charge in [0.25, 0.3) is 0 Å². The van der Waals surface area contributed by atoms with E-state index in [1.54, 1.807) is 0 Å². The molecule has 0 bridgehead atoms. The van der Waals surface area contributed by atoms with E-state index < -0.39 is 11.6 Å². The summed E-state index contributed by atoms with van der Waals surface area (Å²) in [5, 5.41) is 3.23. The number of halogens is 2. The molecule has 2 aromatic rings. The highest BCUT2D eigenvalue weighted by Crippen LogP contribution is 2.25. The van der Waals surface area contributed by atoms with Gasteiger partial charge >= 0.3 is 0 Å². The van der Waals surface area contributed by atoms with Gasteiger partial charge in [-0.05, 0) is 26.0 Å². The number of ether oxygens (including phenoxy) is 1. The molecule has 0 saturated heterocycles. The molecular weight excluding hydrogens is 272 g/mol. The SMILES string of the molecule is CCOc1ccccc1C(C)NCc1ccc(F)cc1F. The average molecular weight is 291 g/mol. The summed E-state index contributed by atoms with van der Waals surface area (Å²) in [6.45, 7) is 4.84. The number of nitrogens with one attached hydrogen (secondary N) is 1. The summed E-state index contributed by atoms with van der Waals surface area (Å²) < 4.78 is 32.1. The highest BCUT2D eigenvalue weighted by molar-refractivity contribution is 5.35. The van der Waals surface area contributed by atoms with Crippen LogP contribution >= 0.6 is 0 Å². The Morgan fingerprint density at radius 2 is 1.90 bits per heavy atom. The minimum atomic E-state index is -0.564. The summed E-state index contributed by atoms with van der Waals surface area (Å²) in [5.74, 6) is -0.279. The van der Waals surface area contributed by atoms with Crippen LogP contribution in [0.3, 0.4) is 0 Å². The largest absolute Gasteiger partial charge is 0.494 e. The van der Waals surface area contributed by atoms with E-state index >= 15 is 0 Å². The quantitative estimate of drug-likeness (QED) is 0.860. The van der Waals surface area contributed by atoms with Gasteiger partial charge in [-0.2, -0.15) is 0 Å². The monoisotopic (exact) mass is 291 g/mol. The average Bonchev–Trinajstić information content (AvgIpc) is 2.47. The smallest absolute Gasteiger partial charge is 0.130 e. The third-order valence-corrected chi connectivity index (χ3v) is 3.30. The minimum Gasteiger partial charge on any atom is -0.494 e. The highest BCUT2D eigenvalue weighted by Gasteiger charge is 2.12. The molecule has 0 saturated carbocycles. The molecule has 2 aromatic carbocycles. The van der Waals surface area contributed by atoms with E-state index in [-0.39, 0.29) is 6.04 Å². The third-order valence-electron chi connectivity index (χ3n) is 3.30. The van der Waals surface area contributed by atoms with Gasteiger partial charge in [-0.25, -0.2) is 8.78 Å². The third kappa shape index (κ3) is 4.02. The number of rotatable bonds is 6. The lowest BCUT2D eigenvalue weighted by Gasteiger charge is -2.18. The second-order valence-electron chi connectivity index (χ2n) is 4.81. The Labute approximate surface area is 123 Å². The van der Waals surface area contributed by atoms with Gasteiger partial charge in [0.2, 0.25) is 0 Å². The predicted octanol–water partition coefficient (Wildman–Crippen LogP) is 4.21. The lowest BCUT2D eigenvalue weighted by Crippen LogP contribution is -2.19. The van der Waals surface area contributed by atoms with Crippen molar-refractivity contribution in [1.29, 1.82) is 0 Å². The molecule has 112 valence electrons. The normalized spacial score (nSPS) is 12.2. The first-order valence-electron chi connectivity index (χ1n) is 7.01. The summed E-state index contributed by atoms with van der Waals surface area (Å²) in [5.41, 5.74) is 1.46. The van der Waals surface area contributed by atoms with E-state index in [0.717, 1.165) is 17.4 Å². The van der Waals surface area contributed by atoms with Crippen LogP contribution in [0.1, 0.15) is 31.0 Å². The molecule has 0 aliphatic carbocycles. The van der Waals surface area contributed by atoms with Crippen molar-refractivity contribution in [2.75, 3.05) is 6.61 Å². The molecule has 1 atom stereocenters. The zero-order valence-electron chi connectivity index (χ0n) is 12.2. The summed E-state index contributed by atoms with van der Waals surface area (Å²) in [6.07, 6.45) is 0. The Morgan fingerprint density at radius 1 is 1.14 bits per heavy atom. The zero-order chi connectivity index (χ0) is 15.2. The molecule has 21 heavy (non-hydrogen) atoms. The fourth-order valence-electron chi connectivity index (χ4n) is 2.16. The standard InChI is InChI=1S/C17H19F2NO/c1-3-21-17-7-5-4-6-15(17)12(2)20-11-13-8-9-14(18)10-16(13)19/h4-10,12,20H,3,11H2,1-2H3. The Balaban J connectivity index is 2.06. The molecule has 4 heteroatoms. The van der Waals surface area contributed by atoms with Gasteiger partial charge in [-0.3, -0.25) is 0 Å². The Morgan fingerprint density at radius 3 is 2.62 bits per heavy atom. The van der Waals surface area contributed by atoms with Gasteiger partial charge in [0.05, 0.1) is 6.61 Å². The molecule has 2 nitrogen and oxygen atoms in total. The summed E-state index contributed by atoms with van der Waals surface area (Å²) in [4.78, 5) is 0. The van der Waals surface area contributed by atoms with Crippen molar-refractivity contribution in [1.82, 2.24) is 5.32 Å². The Bertz CT molecular complexity index is 601. The molecular formula is C17H19F2NO. The van der Waals surface area contributed by atoms with Crippen LogP contribution in [-0.4, -0.2) is 6.61 Å². The van der Waals surface area contributed by atoms with E-state index in [1.807, 2.05) is 38.1 Å². The van der Waals surface area contributed by atoms with Crippen LogP contribution in [0.2, 0.25) is 0 Å². The van der Waals surface area contributed by atoms with Crippen LogP contribution in [0.25, 0.3) is 0 Å². The first-order chi connectivity index (χ1) is 10.1. The van der Waals surface area contributed by atoms with E-state index in [4.69, 9.17) is 4.74 Å². The van der Waals surface area contributed by atoms with Crippen LogP contribution in [0.15, 0.2) is 42.5 Å². The number of benzene rings is 2. The maximum absolute atomic E-state index is 13.6. The first-order valence-corrected chi connectivity index (χ1v) is 7.01. The fraction of sp³-hybridized carbons (Fsp3) is 0.294. The molecule has 1 N–H and O–H groups in total. The van der Waals surface area contributed by atoms with Gasteiger partial charge in [0.15, 0.2) is 0 Å². The van der Waals surface area contributed by atoms with Crippen LogP contribution in [-0.2, 0) is 6.54 Å². The van der Waals surface area contributed by atoms with Gasteiger partial charge in [0.1, 0.15) is 17.4 Å². The number of hydrogen-bond donors (Lipinski definition) is 1. The minimum absolute atomic E-state index is 0.00259. The lowest BCUT2D eigenvalue weighted by molar-refractivity contribution is 0.332. The van der Waals surface area contributed by atoms with Crippen molar-refractivity contribution in [3.05, 3.63) is 65.2 Å². The zero-order valence-corrected chi connectivity index (χ0v) is 12.2. The van der Waals surface area contributed by atoms with E-state index in [2.05, 4.69) is 5.32 Å². The van der Waals surface area contributed by atoms with Crippen molar-refractivity contribution in [2.24, 2.45) is 0 Å². The molecule has 0 spiro atoms. The van der Waals surface area contributed by atoms with E-state index in [1.165, 1.54) is 12.1 Å². The molecule has 0 aliphatic heterocycles. The maximum Gasteiger partial charge on any atom is 0.130 e. The summed E-state index contributed by atoms with van der Waals surface area (Å²) in [7, 11) is 0. The molecule has 2 rings (SSSR count). The first kappa shape index (κ1) is 15.4. The van der Waals surface area contributed by atoms with Crippen LogP contribution in [0.5, 0.6) is 5.75 Å². The van der Waals surface area contributed by atoms with Crippen LogP contribution in [0, 0.1) is 11.6 Å². The van der Waals surface area contributed by atoms with Crippen LogP contribution in [0.4, 0.5) is 8.78 Å². The molecule has 0 aliphatic rings. The maximum atomic E-state index is 13.6. The second-order valence-corrected chi connectivity index (χ2v) is 4.81. The number of para-hydroxylation sites is 1. The molecule has 0 amide bonds. The molecule has 0 heterocycles. The lowest BCUT2D eigenvalue weighted by atomic mass is 10.1. The van der Waals surface area contributed by atoms with Gasteiger partial charge in [-0.1, -0.05) is 24.3 Å². The summed E-state index contributed by atoms with van der Waals surface area (Å²) >= 11 is 0.